The lowest BCUT2D eigenvalue weighted by Crippen LogP contribution is -2.31. The number of benzene rings is 1. The number of hydrogen-bond acceptors (Lipinski definition) is 5. The first-order chi connectivity index (χ1) is 9.70. The van der Waals surface area contributed by atoms with Crippen LogP contribution >= 0.6 is 0 Å². The lowest BCUT2D eigenvalue weighted by molar-refractivity contribution is -0.147. The lowest BCUT2D eigenvalue weighted by atomic mass is 10.1. The van der Waals surface area contributed by atoms with Gasteiger partial charge in [-0.3, -0.25) is 0 Å². The fourth-order valence-corrected chi connectivity index (χ4v) is 1.89. The molecule has 0 amide bonds. The molecule has 0 radical (unpaired) electrons. The standard InChI is InChI=1S/C15H17NO4/c1-2-19-14(17)12-8-13(16-9-12)15(18)20-10-11-6-4-3-5-7-11/h3-7,9,13,16H,2,8,10H2,1H3/t13-/m0/s1. The van der Waals surface area contributed by atoms with Gasteiger partial charge in [0.05, 0.1) is 12.2 Å². The van der Waals surface area contributed by atoms with E-state index in [1.54, 1.807) is 6.92 Å². The summed E-state index contributed by atoms with van der Waals surface area (Å²) in [6.07, 6.45) is 1.82. The van der Waals surface area contributed by atoms with Crippen LogP contribution in [-0.4, -0.2) is 24.6 Å². The van der Waals surface area contributed by atoms with Crippen molar-refractivity contribution >= 4 is 11.9 Å². The summed E-state index contributed by atoms with van der Waals surface area (Å²) in [6, 6.07) is 8.93. The summed E-state index contributed by atoms with van der Waals surface area (Å²) in [5.41, 5.74) is 1.39. The number of rotatable bonds is 5. The smallest absolute Gasteiger partial charge is 0.335 e. The second-order valence-corrected chi connectivity index (χ2v) is 4.41. The first-order valence-electron chi connectivity index (χ1n) is 6.53. The zero-order valence-electron chi connectivity index (χ0n) is 11.3. The Labute approximate surface area is 117 Å². The molecule has 0 aromatic heterocycles. The molecule has 0 saturated heterocycles. The van der Waals surface area contributed by atoms with E-state index in [0.29, 0.717) is 18.6 Å². The summed E-state index contributed by atoms with van der Waals surface area (Å²) in [4.78, 5) is 23.4. The Morgan fingerprint density at radius 2 is 2.00 bits per heavy atom. The molecule has 106 valence electrons. The molecule has 0 spiro atoms. The molecule has 2 rings (SSSR count). The predicted molar refractivity (Wildman–Crippen MR) is 72.5 cm³/mol. The number of carbonyl (C=O) groups is 2. The molecule has 1 aromatic carbocycles. The average Bonchev–Trinajstić information content (AvgIpc) is 2.96. The van der Waals surface area contributed by atoms with Crippen molar-refractivity contribution in [1.29, 1.82) is 0 Å². The molecule has 1 heterocycles. The van der Waals surface area contributed by atoms with Crippen LogP contribution in [0.5, 0.6) is 0 Å². The minimum Gasteiger partial charge on any atom is -0.463 e. The number of esters is 2. The van der Waals surface area contributed by atoms with Crippen molar-refractivity contribution in [2.45, 2.75) is 26.0 Å². The Morgan fingerprint density at radius 1 is 1.25 bits per heavy atom. The molecular weight excluding hydrogens is 258 g/mol. The van der Waals surface area contributed by atoms with Crippen LogP contribution < -0.4 is 5.32 Å². The number of hydrogen-bond donors (Lipinski definition) is 1. The van der Waals surface area contributed by atoms with Gasteiger partial charge in [0.25, 0.3) is 0 Å². The number of ether oxygens (including phenoxy) is 2. The molecule has 0 fully saturated rings. The summed E-state index contributed by atoms with van der Waals surface area (Å²) in [5, 5.41) is 2.84. The summed E-state index contributed by atoms with van der Waals surface area (Å²) in [5.74, 6) is -0.761. The fourth-order valence-electron chi connectivity index (χ4n) is 1.89. The summed E-state index contributed by atoms with van der Waals surface area (Å²) in [6.45, 7) is 2.29. The Kier molecular flexibility index (Phi) is 4.76. The lowest BCUT2D eigenvalue weighted by Gasteiger charge is -2.11. The van der Waals surface area contributed by atoms with E-state index >= 15 is 0 Å². The summed E-state index contributed by atoms with van der Waals surface area (Å²) < 4.78 is 10.1. The van der Waals surface area contributed by atoms with Gasteiger partial charge in [0.1, 0.15) is 12.6 Å². The zero-order valence-corrected chi connectivity index (χ0v) is 11.3. The van der Waals surface area contributed by atoms with Crippen LogP contribution in [0.2, 0.25) is 0 Å². The van der Waals surface area contributed by atoms with E-state index in [0.717, 1.165) is 5.56 Å². The molecular formula is C15H17NO4. The van der Waals surface area contributed by atoms with Crippen LogP contribution in [0.25, 0.3) is 0 Å². The highest BCUT2D eigenvalue weighted by molar-refractivity contribution is 5.91. The fraction of sp³-hybridized carbons (Fsp3) is 0.333. The molecule has 0 aliphatic carbocycles. The molecule has 1 N–H and O–H groups in total. The van der Waals surface area contributed by atoms with E-state index in [9.17, 15) is 9.59 Å². The van der Waals surface area contributed by atoms with E-state index < -0.39 is 12.0 Å². The maximum atomic E-state index is 11.9. The van der Waals surface area contributed by atoms with Crippen LogP contribution in [0.4, 0.5) is 0 Å². The van der Waals surface area contributed by atoms with Crippen molar-refractivity contribution in [2.75, 3.05) is 6.61 Å². The quantitative estimate of drug-likeness (QED) is 0.826. The zero-order chi connectivity index (χ0) is 14.4. The minimum atomic E-state index is -0.516. The van der Waals surface area contributed by atoms with Crippen molar-refractivity contribution in [3.05, 3.63) is 47.7 Å². The molecule has 0 saturated carbocycles. The van der Waals surface area contributed by atoms with Crippen LogP contribution in [-0.2, 0) is 25.7 Å². The van der Waals surface area contributed by atoms with Gasteiger partial charge in [0.15, 0.2) is 0 Å². The molecule has 5 nitrogen and oxygen atoms in total. The Hall–Kier alpha value is -2.30. The summed E-state index contributed by atoms with van der Waals surface area (Å²) >= 11 is 0. The number of nitrogens with one attached hydrogen (secondary N) is 1. The molecule has 20 heavy (non-hydrogen) atoms. The Morgan fingerprint density at radius 3 is 2.70 bits per heavy atom. The largest absolute Gasteiger partial charge is 0.463 e. The van der Waals surface area contributed by atoms with E-state index in [1.165, 1.54) is 6.20 Å². The van der Waals surface area contributed by atoms with E-state index in [-0.39, 0.29) is 12.6 Å². The third-order valence-corrected chi connectivity index (χ3v) is 2.93. The van der Waals surface area contributed by atoms with E-state index in [1.807, 2.05) is 30.3 Å². The molecule has 1 aliphatic rings. The van der Waals surface area contributed by atoms with Crippen LogP contribution in [0, 0.1) is 0 Å². The highest BCUT2D eigenvalue weighted by Gasteiger charge is 2.28. The number of carbonyl (C=O) groups excluding carboxylic acids is 2. The second-order valence-electron chi connectivity index (χ2n) is 4.41. The van der Waals surface area contributed by atoms with Crippen molar-refractivity contribution in [3.8, 4) is 0 Å². The molecule has 1 atom stereocenters. The van der Waals surface area contributed by atoms with E-state index in [2.05, 4.69) is 5.32 Å². The monoisotopic (exact) mass is 275 g/mol. The molecule has 1 aliphatic heterocycles. The maximum Gasteiger partial charge on any atom is 0.335 e. The van der Waals surface area contributed by atoms with Gasteiger partial charge in [-0.05, 0) is 12.5 Å². The highest BCUT2D eigenvalue weighted by atomic mass is 16.5. The van der Waals surface area contributed by atoms with Gasteiger partial charge in [-0.15, -0.1) is 0 Å². The van der Waals surface area contributed by atoms with Gasteiger partial charge < -0.3 is 14.8 Å². The minimum absolute atomic E-state index is 0.229. The van der Waals surface area contributed by atoms with Crippen LogP contribution in [0.15, 0.2) is 42.1 Å². The SMILES string of the molecule is CCOC(=O)C1=CN[C@H](C(=O)OCc2ccccc2)C1. The van der Waals surface area contributed by atoms with Gasteiger partial charge in [0, 0.05) is 12.6 Å². The topological polar surface area (TPSA) is 64.6 Å². The van der Waals surface area contributed by atoms with Crippen molar-refractivity contribution in [1.82, 2.24) is 5.32 Å². The first-order valence-corrected chi connectivity index (χ1v) is 6.53. The molecule has 0 unspecified atom stereocenters. The van der Waals surface area contributed by atoms with Crippen molar-refractivity contribution in [2.24, 2.45) is 0 Å². The van der Waals surface area contributed by atoms with Crippen LogP contribution in [0.3, 0.4) is 0 Å². The van der Waals surface area contributed by atoms with Crippen molar-refractivity contribution in [3.63, 3.8) is 0 Å². The Bertz CT molecular complexity index is 510. The van der Waals surface area contributed by atoms with Gasteiger partial charge in [-0.25, -0.2) is 9.59 Å². The highest BCUT2D eigenvalue weighted by Crippen LogP contribution is 2.15. The van der Waals surface area contributed by atoms with Gasteiger partial charge in [-0.2, -0.15) is 0 Å². The second kappa shape index (κ2) is 6.75. The third-order valence-electron chi connectivity index (χ3n) is 2.93. The predicted octanol–water partition coefficient (Wildman–Crippen LogP) is 1.54. The normalized spacial score (nSPS) is 17.1. The maximum absolute atomic E-state index is 11.9. The summed E-state index contributed by atoms with van der Waals surface area (Å²) in [7, 11) is 0. The van der Waals surface area contributed by atoms with Crippen LogP contribution in [0.1, 0.15) is 18.9 Å². The van der Waals surface area contributed by atoms with Gasteiger partial charge >= 0.3 is 11.9 Å². The Balaban J connectivity index is 1.80. The molecule has 5 heteroatoms. The van der Waals surface area contributed by atoms with Gasteiger partial charge in [-0.1, -0.05) is 30.3 Å². The molecule has 0 bridgehead atoms. The third kappa shape index (κ3) is 3.60. The van der Waals surface area contributed by atoms with Crippen molar-refractivity contribution < 1.29 is 19.1 Å². The first kappa shape index (κ1) is 14.1. The molecule has 1 aromatic rings. The van der Waals surface area contributed by atoms with Gasteiger partial charge in [0.2, 0.25) is 0 Å². The van der Waals surface area contributed by atoms with E-state index in [4.69, 9.17) is 9.47 Å². The average molecular weight is 275 g/mol.